The van der Waals surface area contributed by atoms with E-state index >= 15 is 0 Å². The van der Waals surface area contributed by atoms with Crippen LogP contribution in [0.1, 0.15) is 73.1 Å². The number of hydrogen-bond acceptors (Lipinski definition) is 3. The molecule has 0 unspecified atom stereocenters. The third-order valence-electron chi connectivity index (χ3n) is 5.59. The Hall–Kier alpha value is -1.35. The van der Waals surface area contributed by atoms with Crippen molar-refractivity contribution in [1.29, 1.82) is 0 Å². The van der Waals surface area contributed by atoms with E-state index in [1.807, 2.05) is 0 Å². The smallest absolute Gasteiger partial charge is 0.302 e. The second-order valence-electron chi connectivity index (χ2n) is 8.18. The average Bonchev–Trinajstić information content (AvgIpc) is 2.88. The third-order valence-corrected chi connectivity index (χ3v) is 5.59. The number of esters is 1. The molecule has 25 heavy (non-hydrogen) atoms. The molecule has 2 rings (SSSR count). The zero-order valence-electron chi connectivity index (χ0n) is 16.6. The Morgan fingerprint density at radius 2 is 2.00 bits per heavy atom. The van der Waals surface area contributed by atoms with E-state index in [1.165, 1.54) is 12.5 Å². The fourth-order valence-electron chi connectivity index (χ4n) is 3.73. The molecule has 1 fully saturated rings. The molecule has 2 atom stereocenters. The number of rotatable bonds is 3. The first kappa shape index (κ1) is 20.0. The van der Waals surface area contributed by atoms with Crippen LogP contribution in [0.2, 0.25) is 0 Å². The molecule has 2 heterocycles. The van der Waals surface area contributed by atoms with Crippen molar-refractivity contribution >= 4 is 5.97 Å². The summed E-state index contributed by atoms with van der Waals surface area (Å²) in [6, 6.07) is 0. The molecule has 0 radical (unpaired) electrons. The second-order valence-corrected chi connectivity index (χ2v) is 8.18. The van der Waals surface area contributed by atoms with Crippen LogP contribution in [0.3, 0.4) is 0 Å². The van der Waals surface area contributed by atoms with Gasteiger partial charge < -0.3 is 9.47 Å². The lowest BCUT2D eigenvalue weighted by Crippen LogP contribution is -2.36. The number of carbonyl (C=O) groups excluding carboxylic acids is 1. The van der Waals surface area contributed by atoms with Gasteiger partial charge in [-0.2, -0.15) is 0 Å². The van der Waals surface area contributed by atoms with Gasteiger partial charge in [0.05, 0.1) is 11.2 Å². The Labute approximate surface area is 153 Å². The lowest BCUT2D eigenvalue weighted by Gasteiger charge is -2.34. The van der Waals surface area contributed by atoms with Crippen LogP contribution in [0.5, 0.6) is 0 Å². The van der Waals surface area contributed by atoms with Crippen LogP contribution in [0.25, 0.3) is 0 Å². The summed E-state index contributed by atoms with van der Waals surface area (Å²) < 4.78 is 11.9. The Morgan fingerprint density at radius 1 is 1.24 bits per heavy atom. The molecule has 0 aromatic carbocycles. The summed E-state index contributed by atoms with van der Waals surface area (Å²) in [6.07, 6.45) is 15.2. The number of allylic oxidation sites excluding steroid dienone is 3. The monoisotopic (exact) mass is 346 g/mol. The standard InChI is InChI=1S/C22H34O3/c1-17(2)22-13-11-20(16-24-19(4)23)10-6-8-18(3)9-7-12-21(5,25-22)14-15-22/h9-11,13,17H,6-8,12,14-16H2,1-5H3/b13-11?,18-9+,20-10?/t21-,22-/m1/s1. The van der Waals surface area contributed by atoms with Crippen LogP contribution in [0.15, 0.2) is 35.5 Å². The van der Waals surface area contributed by atoms with Crippen LogP contribution in [0.4, 0.5) is 0 Å². The lowest BCUT2D eigenvalue weighted by atomic mass is 9.85. The molecule has 0 aromatic heterocycles. The van der Waals surface area contributed by atoms with Crippen LogP contribution < -0.4 is 0 Å². The highest BCUT2D eigenvalue weighted by Gasteiger charge is 2.46. The zero-order valence-corrected chi connectivity index (χ0v) is 16.6. The molecule has 1 saturated heterocycles. The van der Waals surface area contributed by atoms with E-state index in [9.17, 15) is 4.79 Å². The molecule has 3 heteroatoms. The predicted molar refractivity (Wildman–Crippen MR) is 102 cm³/mol. The summed E-state index contributed by atoms with van der Waals surface area (Å²) >= 11 is 0. The van der Waals surface area contributed by atoms with Crippen molar-refractivity contribution in [3.63, 3.8) is 0 Å². The van der Waals surface area contributed by atoms with Crippen molar-refractivity contribution in [2.75, 3.05) is 6.61 Å². The Morgan fingerprint density at radius 3 is 2.68 bits per heavy atom. The van der Waals surface area contributed by atoms with E-state index in [0.29, 0.717) is 12.5 Å². The molecule has 0 N–H and O–H groups in total. The summed E-state index contributed by atoms with van der Waals surface area (Å²) in [6.45, 7) is 10.7. The Bertz CT molecular complexity index is 570. The summed E-state index contributed by atoms with van der Waals surface area (Å²) in [5.41, 5.74) is 2.19. The fourth-order valence-corrected chi connectivity index (χ4v) is 3.73. The van der Waals surface area contributed by atoms with Gasteiger partial charge in [0.2, 0.25) is 0 Å². The number of fused-ring (bicyclic) bond motifs is 2. The van der Waals surface area contributed by atoms with Crippen molar-refractivity contribution in [1.82, 2.24) is 0 Å². The second kappa shape index (κ2) is 8.35. The summed E-state index contributed by atoms with van der Waals surface area (Å²) in [4.78, 5) is 11.2. The van der Waals surface area contributed by atoms with Crippen LogP contribution in [0, 0.1) is 5.92 Å². The molecule has 3 nitrogen and oxygen atoms in total. The SMILES string of the molecule is CC(=O)OCC1=CCC/C(C)=C/CC[C@]2(C)CC[C@@](C(C)C)(C=C1)O2. The summed E-state index contributed by atoms with van der Waals surface area (Å²) in [5.74, 6) is 0.166. The van der Waals surface area contributed by atoms with Crippen LogP contribution in [-0.4, -0.2) is 23.8 Å². The van der Waals surface area contributed by atoms with Crippen molar-refractivity contribution in [2.24, 2.45) is 5.92 Å². The molecule has 2 aliphatic rings. The quantitative estimate of drug-likeness (QED) is 0.499. The molecule has 2 bridgehead atoms. The van der Waals surface area contributed by atoms with E-state index in [-0.39, 0.29) is 17.2 Å². The predicted octanol–water partition coefficient (Wildman–Crippen LogP) is 5.52. The van der Waals surface area contributed by atoms with Gasteiger partial charge in [0.1, 0.15) is 6.61 Å². The van der Waals surface area contributed by atoms with Gasteiger partial charge in [-0.05, 0) is 63.9 Å². The van der Waals surface area contributed by atoms with Gasteiger partial charge >= 0.3 is 5.97 Å². The molecule has 0 spiro atoms. The fraction of sp³-hybridized carbons (Fsp3) is 0.682. The third kappa shape index (κ3) is 5.57. The maximum atomic E-state index is 11.2. The Balaban J connectivity index is 2.30. The van der Waals surface area contributed by atoms with Crippen LogP contribution >= 0.6 is 0 Å². The number of ether oxygens (including phenoxy) is 2. The minimum absolute atomic E-state index is 0.0563. The van der Waals surface area contributed by atoms with Gasteiger partial charge in [-0.1, -0.05) is 43.7 Å². The maximum absolute atomic E-state index is 11.2. The lowest BCUT2D eigenvalue weighted by molar-refractivity contribution is -0.139. The van der Waals surface area contributed by atoms with Gasteiger partial charge in [0, 0.05) is 6.92 Å². The van der Waals surface area contributed by atoms with Gasteiger partial charge in [-0.15, -0.1) is 0 Å². The first-order chi connectivity index (χ1) is 11.7. The minimum Gasteiger partial charge on any atom is -0.461 e. The van der Waals surface area contributed by atoms with E-state index in [1.54, 1.807) is 0 Å². The van der Waals surface area contributed by atoms with Crippen molar-refractivity contribution in [3.8, 4) is 0 Å². The molecule has 0 aromatic rings. The molecule has 0 amide bonds. The summed E-state index contributed by atoms with van der Waals surface area (Å²) in [5, 5.41) is 0. The van der Waals surface area contributed by atoms with Crippen LogP contribution in [-0.2, 0) is 14.3 Å². The van der Waals surface area contributed by atoms with Crippen molar-refractivity contribution in [2.45, 2.75) is 84.3 Å². The number of hydrogen-bond donors (Lipinski definition) is 0. The molecular formula is C22H34O3. The summed E-state index contributed by atoms with van der Waals surface area (Å²) in [7, 11) is 0. The Kier molecular flexibility index (Phi) is 6.67. The highest BCUT2D eigenvalue weighted by atomic mass is 16.5. The molecule has 140 valence electrons. The zero-order chi connectivity index (χ0) is 18.5. The largest absolute Gasteiger partial charge is 0.461 e. The van der Waals surface area contributed by atoms with Gasteiger partial charge in [-0.3, -0.25) is 4.79 Å². The van der Waals surface area contributed by atoms with Gasteiger partial charge in [-0.25, -0.2) is 0 Å². The first-order valence-corrected chi connectivity index (χ1v) is 9.62. The first-order valence-electron chi connectivity index (χ1n) is 9.62. The van der Waals surface area contributed by atoms with Crippen molar-refractivity contribution < 1.29 is 14.3 Å². The number of carbonyl (C=O) groups is 1. The van der Waals surface area contributed by atoms with Gasteiger partial charge in [0.25, 0.3) is 0 Å². The van der Waals surface area contributed by atoms with Gasteiger partial charge in [0.15, 0.2) is 0 Å². The molecule has 2 aliphatic heterocycles. The molecule has 0 saturated carbocycles. The minimum atomic E-state index is -0.239. The normalized spacial score (nSPS) is 32.9. The van der Waals surface area contributed by atoms with E-state index in [2.05, 4.69) is 52.0 Å². The topological polar surface area (TPSA) is 35.5 Å². The molecule has 0 aliphatic carbocycles. The van der Waals surface area contributed by atoms with E-state index in [4.69, 9.17) is 9.47 Å². The highest BCUT2D eigenvalue weighted by Crippen LogP contribution is 2.45. The molecular weight excluding hydrogens is 312 g/mol. The maximum Gasteiger partial charge on any atom is 0.302 e. The van der Waals surface area contributed by atoms with E-state index in [0.717, 1.165) is 44.1 Å². The highest BCUT2D eigenvalue weighted by molar-refractivity contribution is 5.66. The van der Waals surface area contributed by atoms with E-state index < -0.39 is 0 Å². The van der Waals surface area contributed by atoms with Crippen molar-refractivity contribution in [3.05, 3.63) is 35.5 Å². The average molecular weight is 347 g/mol.